The average molecular weight is 305 g/mol. The normalized spacial score (nSPS) is 16.3. The minimum absolute atomic E-state index is 0.141. The van der Waals surface area contributed by atoms with Crippen molar-refractivity contribution < 1.29 is 0 Å². The summed E-state index contributed by atoms with van der Waals surface area (Å²) in [5.74, 6) is 2.18. The number of fused-ring (bicyclic) bond motifs is 2. The first kappa shape index (κ1) is 13.9. The van der Waals surface area contributed by atoms with Gasteiger partial charge in [-0.25, -0.2) is 9.97 Å². The number of nitrogens with zero attached hydrogens (tertiary/aromatic N) is 3. The van der Waals surface area contributed by atoms with Crippen LogP contribution in [0.2, 0.25) is 0 Å². The standard InChI is InChI=1S/C18H19N5/c1-3-23-15-10-13(16(11(2)19)12-4-5-12)6-7-14(15)22-17-18(23)21-9-8-20-17/h4-10,12,16,19H,3H2,1-2H3,(H,20,22). The first-order valence-corrected chi connectivity index (χ1v) is 7.92. The summed E-state index contributed by atoms with van der Waals surface area (Å²) in [5, 5.41) is 11.5. The molecule has 1 aliphatic carbocycles. The maximum Gasteiger partial charge on any atom is 0.176 e. The first-order valence-electron chi connectivity index (χ1n) is 7.92. The molecule has 0 saturated carbocycles. The lowest BCUT2D eigenvalue weighted by molar-refractivity contribution is 0.812. The van der Waals surface area contributed by atoms with Crippen LogP contribution in [0.25, 0.3) is 0 Å². The molecule has 2 aromatic rings. The number of hydrogen-bond acceptors (Lipinski definition) is 5. The molecular weight excluding hydrogens is 286 g/mol. The van der Waals surface area contributed by atoms with E-state index in [-0.39, 0.29) is 5.92 Å². The SMILES string of the molecule is CCN1c2cc(C(C(C)=N)C3C=C3)ccc2Nc2nccnc21. The highest BCUT2D eigenvalue weighted by molar-refractivity contribution is 5.91. The van der Waals surface area contributed by atoms with E-state index >= 15 is 0 Å². The molecule has 2 aliphatic rings. The van der Waals surface area contributed by atoms with Crippen molar-refractivity contribution in [2.75, 3.05) is 16.8 Å². The van der Waals surface area contributed by atoms with Crippen LogP contribution >= 0.6 is 0 Å². The Morgan fingerprint density at radius 1 is 1.30 bits per heavy atom. The third kappa shape index (κ3) is 2.29. The van der Waals surface area contributed by atoms with Gasteiger partial charge in [0.15, 0.2) is 11.6 Å². The van der Waals surface area contributed by atoms with Crippen LogP contribution in [-0.4, -0.2) is 22.2 Å². The van der Waals surface area contributed by atoms with Crippen molar-refractivity contribution in [3.63, 3.8) is 0 Å². The summed E-state index contributed by atoms with van der Waals surface area (Å²) in [6.07, 6.45) is 7.75. The van der Waals surface area contributed by atoms with Crippen LogP contribution < -0.4 is 10.2 Å². The van der Waals surface area contributed by atoms with Crippen molar-refractivity contribution in [1.82, 2.24) is 9.97 Å². The van der Waals surface area contributed by atoms with Gasteiger partial charge >= 0.3 is 0 Å². The quantitative estimate of drug-likeness (QED) is 0.662. The smallest absolute Gasteiger partial charge is 0.176 e. The zero-order chi connectivity index (χ0) is 16.0. The molecule has 1 aromatic carbocycles. The molecule has 1 aromatic heterocycles. The lowest BCUT2D eigenvalue weighted by Crippen LogP contribution is -2.24. The van der Waals surface area contributed by atoms with Crippen molar-refractivity contribution >= 4 is 28.7 Å². The molecule has 0 fully saturated rings. The summed E-state index contributed by atoms with van der Waals surface area (Å²) in [5.41, 5.74) is 4.02. The molecule has 23 heavy (non-hydrogen) atoms. The lowest BCUT2D eigenvalue weighted by Gasteiger charge is -2.32. The molecular formula is C18H19N5. The van der Waals surface area contributed by atoms with Crippen LogP contribution in [0.4, 0.5) is 23.0 Å². The van der Waals surface area contributed by atoms with Gasteiger partial charge in [-0.1, -0.05) is 18.2 Å². The summed E-state index contributed by atoms with van der Waals surface area (Å²) in [6, 6.07) is 6.39. The van der Waals surface area contributed by atoms with Crippen LogP contribution in [0.5, 0.6) is 0 Å². The van der Waals surface area contributed by atoms with Gasteiger partial charge in [-0.2, -0.15) is 0 Å². The van der Waals surface area contributed by atoms with Gasteiger partial charge in [0.2, 0.25) is 0 Å². The molecule has 5 heteroatoms. The second-order valence-corrected chi connectivity index (χ2v) is 6.00. The number of hydrogen-bond donors (Lipinski definition) is 2. The maximum atomic E-state index is 8.12. The third-order valence-electron chi connectivity index (χ3n) is 4.44. The average Bonchev–Trinajstić information content (AvgIpc) is 3.37. The predicted octanol–water partition coefficient (Wildman–Crippen LogP) is 4.00. The van der Waals surface area contributed by atoms with E-state index in [2.05, 4.69) is 57.5 Å². The van der Waals surface area contributed by atoms with Crippen molar-refractivity contribution in [3.05, 3.63) is 48.3 Å². The molecule has 116 valence electrons. The van der Waals surface area contributed by atoms with Crippen LogP contribution in [-0.2, 0) is 0 Å². The largest absolute Gasteiger partial charge is 0.335 e. The summed E-state index contributed by atoms with van der Waals surface area (Å²) >= 11 is 0. The van der Waals surface area contributed by atoms with Crippen molar-refractivity contribution in [3.8, 4) is 0 Å². The summed E-state index contributed by atoms with van der Waals surface area (Å²) in [4.78, 5) is 11.0. The van der Waals surface area contributed by atoms with E-state index in [9.17, 15) is 0 Å². The van der Waals surface area contributed by atoms with E-state index in [1.165, 1.54) is 5.56 Å². The Hall–Kier alpha value is -2.69. The van der Waals surface area contributed by atoms with Gasteiger partial charge in [-0.15, -0.1) is 0 Å². The minimum atomic E-state index is 0.141. The van der Waals surface area contributed by atoms with Crippen LogP contribution in [0.1, 0.15) is 25.3 Å². The fraction of sp³-hybridized carbons (Fsp3) is 0.278. The van der Waals surface area contributed by atoms with Gasteiger partial charge in [-0.3, -0.25) is 0 Å². The molecule has 4 rings (SSSR count). The molecule has 1 aliphatic heterocycles. The van der Waals surface area contributed by atoms with Crippen LogP contribution in [0.3, 0.4) is 0 Å². The maximum absolute atomic E-state index is 8.12. The molecule has 1 atom stereocenters. The Morgan fingerprint density at radius 3 is 2.78 bits per heavy atom. The second-order valence-electron chi connectivity index (χ2n) is 6.00. The van der Waals surface area contributed by atoms with E-state index in [0.29, 0.717) is 11.6 Å². The molecule has 5 nitrogen and oxygen atoms in total. The van der Waals surface area contributed by atoms with Gasteiger partial charge in [-0.05, 0) is 31.5 Å². The molecule has 0 spiro atoms. The number of anilines is 4. The van der Waals surface area contributed by atoms with Crippen LogP contribution in [0.15, 0.2) is 42.7 Å². The van der Waals surface area contributed by atoms with E-state index in [0.717, 1.165) is 29.6 Å². The Bertz CT molecular complexity index is 805. The lowest BCUT2D eigenvalue weighted by atomic mass is 9.88. The van der Waals surface area contributed by atoms with Crippen molar-refractivity contribution in [1.29, 1.82) is 5.41 Å². The number of nitrogens with one attached hydrogen (secondary N) is 2. The molecule has 2 heterocycles. The topological polar surface area (TPSA) is 64.9 Å². The van der Waals surface area contributed by atoms with Crippen molar-refractivity contribution in [2.24, 2.45) is 5.92 Å². The first-order chi connectivity index (χ1) is 11.2. The molecule has 0 saturated heterocycles. The highest BCUT2D eigenvalue weighted by Crippen LogP contribution is 2.44. The Labute approximate surface area is 135 Å². The van der Waals surface area contributed by atoms with E-state index < -0.39 is 0 Å². The predicted molar refractivity (Wildman–Crippen MR) is 93.2 cm³/mol. The monoisotopic (exact) mass is 305 g/mol. The number of aromatic nitrogens is 2. The number of allylic oxidation sites excluding steroid dienone is 2. The molecule has 0 radical (unpaired) electrons. The van der Waals surface area contributed by atoms with Crippen LogP contribution in [0, 0.1) is 11.3 Å². The Kier molecular flexibility index (Phi) is 3.15. The highest BCUT2D eigenvalue weighted by atomic mass is 15.3. The van der Waals surface area contributed by atoms with E-state index in [1.807, 2.05) is 6.92 Å². The molecule has 2 N–H and O–H groups in total. The summed E-state index contributed by atoms with van der Waals surface area (Å²) < 4.78 is 0. The number of benzene rings is 1. The van der Waals surface area contributed by atoms with E-state index in [4.69, 9.17) is 5.41 Å². The van der Waals surface area contributed by atoms with Gasteiger partial charge in [0.05, 0.1) is 11.4 Å². The second kappa shape index (κ2) is 5.19. The fourth-order valence-corrected chi connectivity index (χ4v) is 3.30. The minimum Gasteiger partial charge on any atom is -0.335 e. The Morgan fingerprint density at radius 2 is 2.09 bits per heavy atom. The molecule has 1 unspecified atom stereocenters. The highest BCUT2D eigenvalue weighted by Gasteiger charge is 2.30. The zero-order valence-electron chi connectivity index (χ0n) is 13.2. The van der Waals surface area contributed by atoms with Gasteiger partial charge < -0.3 is 15.6 Å². The van der Waals surface area contributed by atoms with Gasteiger partial charge in [0.25, 0.3) is 0 Å². The Balaban J connectivity index is 1.79. The third-order valence-corrected chi connectivity index (χ3v) is 4.44. The van der Waals surface area contributed by atoms with Gasteiger partial charge in [0.1, 0.15) is 0 Å². The molecule has 0 bridgehead atoms. The van der Waals surface area contributed by atoms with Gasteiger partial charge in [0, 0.05) is 36.5 Å². The zero-order valence-corrected chi connectivity index (χ0v) is 13.2. The van der Waals surface area contributed by atoms with E-state index in [1.54, 1.807) is 12.4 Å². The molecule has 0 amide bonds. The summed E-state index contributed by atoms with van der Waals surface area (Å²) in [7, 11) is 0. The summed E-state index contributed by atoms with van der Waals surface area (Å²) in [6.45, 7) is 4.82. The fourth-order valence-electron chi connectivity index (χ4n) is 3.30. The van der Waals surface area contributed by atoms with Crippen molar-refractivity contribution in [2.45, 2.75) is 19.8 Å². The number of rotatable bonds is 4.